The molecule has 0 aliphatic carbocycles. The molecule has 3 rings (SSSR count). The third-order valence-corrected chi connectivity index (χ3v) is 8.68. The molecule has 0 aliphatic heterocycles. The molecule has 3 aromatic carbocycles. The quantitative estimate of drug-likeness (QED) is 0.0446. The topological polar surface area (TPSA) is 146 Å². The van der Waals surface area contributed by atoms with E-state index in [0.29, 0.717) is 69.8 Å². The average Bonchev–Trinajstić information content (AvgIpc) is 3.12. The number of rotatable bonds is 24. The fourth-order valence-corrected chi connectivity index (χ4v) is 5.48. The van der Waals surface area contributed by atoms with E-state index in [4.69, 9.17) is 29.2 Å². The molecule has 0 unspecified atom stereocenters. The molecule has 0 heterocycles. The van der Waals surface area contributed by atoms with E-state index in [9.17, 15) is 19.2 Å². The molecule has 3 aromatic rings. The molecule has 10 nitrogen and oxygen atoms in total. The van der Waals surface area contributed by atoms with Gasteiger partial charge in [0, 0.05) is 32.5 Å². The average molecular weight is 681 g/mol. The molecule has 0 radical (unpaired) electrons. The largest absolute Gasteiger partial charge is 0.465 e. The lowest BCUT2D eigenvalue weighted by atomic mass is 9.88. The molecule has 0 bridgehead atoms. The van der Waals surface area contributed by atoms with Gasteiger partial charge in [-0.05, 0) is 79.0 Å². The Bertz CT molecular complexity index is 1400. The standard InChI is InChI=1S/C39H52O10/c1-2-39(27-47-34(42)20-6-3-13-23-40,28-48-35(43)21-7-4-14-24-41)29-49-36(44)22-8-5-15-25-46-38(45)37-32-18-11-9-16-30(32)26-31-17-10-12-19-33(31)37/h9-12,16-19,26,40-41H,2-8,13-15,20-25,27-29H2,1H3. The van der Waals surface area contributed by atoms with Crippen LogP contribution in [0.5, 0.6) is 0 Å². The first-order chi connectivity index (χ1) is 23.8. The van der Waals surface area contributed by atoms with E-state index in [-0.39, 0.29) is 64.9 Å². The fraction of sp³-hybridized carbons (Fsp3) is 0.538. The summed E-state index contributed by atoms with van der Waals surface area (Å²) in [7, 11) is 0. The summed E-state index contributed by atoms with van der Waals surface area (Å²) in [5, 5.41) is 21.5. The summed E-state index contributed by atoms with van der Waals surface area (Å²) in [4.78, 5) is 50.6. The van der Waals surface area contributed by atoms with Crippen LogP contribution >= 0.6 is 0 Å². The van der Waals surface area contributed by atoms with Crippen LogP contribution < -0.4 is 0 Å². The van der Waals surface area contributed by atoms with Crippen LogP contribution in [0.1, 0.15) is 101 Å². The van der Waals surface area contributed by atoms with Crippen LogP contribution in [0.2, 0.25) is 0 Å². The maximum atomic E-state index is 13.2. The lowest BCUT2D eigenvalue weighted by molar-refractivity contribution is -0.162. The van der Waals surface area contributed by atoms with Crippen LogP contribution in [0.25, 0.3) is 21.5 Å². The lowest BCUT2D eigenvalue weighted by Gasteiger charge is -2.31. The van der Waals surface area contributed by atoms with Crippen molar-refractivity contribution in [1.82, 2.24) is 0 Å². The number of carbonyl (C=O) groups excluding carboxylic acids is 4. The molecule has 0 atom stereocenters. The van der Waals surface area contributed by atoms with Crippen molar-refractivity contribution in [2.75, 3.05) is 39.6 Å². The number of aliphatic hydroxyl groups excluding tert-OH is 2. The van der Waals surface area contributed by atoms with E-state index in [1.54, 1.807) is 0 Å². The predicted molar refractivity (Wildman–Crippen MR) is 187 cm³/mol. The normalized spacial score (nSPS) is 11.4. The first-order valence-corrected chi connectivity index (χ1v) is 17.6. The van der Waals surface area contributed by atoms with Crippen LogP contribution in [0.15, 0.2) is 54.6 Å². The molecule has 0 aliphatic rings. The van der Waals surface area contributed by atoms with E-state index in [1.807, 2.05) is 55.5 Å². The molecule has 10 heteroatoms. The van der Waals surface area contributed by atoms with Gasteiger partial charge in [0.2, 0.25) is 0 Å². The lowest BCUT2D eigenvalue weighted by Crippen LogP contribution is -2.39. The van der Waals surface area contributed by atoms with Crippen LogP contribution in [0.3, 0.4) is 0 Å². The van der Waals surface area contributed by atoms with Gasteiger partial charge in [-0.25, -0.2) is 4.79 Å². The first-order valence-electron chi connectivity index (χ1n) is 17.6. The summed E-state index contributed by atoms with van der Waals surface area (Å²) in [5.74, 6) is -1.58. The van der Waals surface area contributed by atoms with Gasteiger partial charge >= 0.3 is 23.9 Å². The van der Waals surface area contributed by atoms with Gasteiger partial charge in [-0.15, -0.1) is 0 Å². The van der Waals surface area contributed by atoms with Crippen molar-refractivity contribution >= 4 is 45.4 Å². The number of unbranched alkanes of at least 4 members (excludes halogenated alkanes) is 6. The summed E-state index contributed by atoms with van der Waals surface area (Å²) in [5.41, 5.74) is -0.339. The number of aliphatic hydroxyl groups is 2. The van der Waals surface area contributed by atoms with Crippen molar-refractivity contribution in [3.05, 3.63) is 60.2 Å². The number of carbonyl (C=O) groups is 4. The predicted octanol–water partition coefficient (Wildman–Crippen LogP) is 6.84. The monoisotopic (exact) mass is 680 g/mol. The van der Waals surface area contributed by atoms with Crippen LogP contribution in [-0.2, 0) is 33.3 Å². The van der Waals surface area contributed by atoms with Crippen molar-refractivity contribution in [3.8, 4) is 0 Å². The zero-order chi connectivity index (χ0) is 35.3. The smallest absolute Gasteiger partial charge is 0.339 e. The zero-order valence-corrected chi connectivity index (χ0v) is 28.8. The molecule has 2 N–H and O–H groups in total. The minimum absolute atomic E-state index is 0.0647. The van der Waals surface area contributed by atoms with E-state index in [2.05, 4.69) is 6.07 Å². The third kappa shape index (κ3) is 13.4. The molecule has 268 valence electrons. The third-order valence-electron chi connectivity index (χ3n) is 8.68. The molecular weight excluding hydrogens is 628 g/mol. The highest BCUT2D eigenvalue weighted by Crippen LogP contribution is 2.29. The Morgan fingerprint density at radius 1 is 0.571 bits per heavy atom. The molecule has 0 spiro atoms. The number of benzene rings is 3. The van der Waals surface area contributed by atoms with E-state index >= 15 is 0 Å². The number of fused-ring (bicyclic) bond motifs is 2. The Hall–Kier alpha value is -4.02. The maximum absolute atomic E-state index is 13.2. The van der Waals surface area contributed by atoms with Gasteiger partial charge in [-0.1, -0.05) is 68.3 Å². The minimum Gasteiger partial charge on any atom is -0.465 e. The van der Waals surface area contributed by atoms with Crippen molar-refractivity contribution in [2.24, 2.45) is 5.41 Å². The van der Waals surface area contributed by atoms with Gasteiger partial charge in [0.25, 0.3) is 0 Å². The van der Waals surface area contributed by atoms with Gasteiger partial charge in [-0.3, -0.25) is 14.4 Å². The molecule has 0 saturated carbocycles. The number of ether oxygens (including phenoxy) is 4. The highest BCUT2D eigenvalue weighted by Gasteiger charge is 2.34. The molecule has 0 fully saturated rings. The molecule has 0 amide bonds. The molecule has 0 saturated heterocycles. The molecule has 49 heavy (non-hydrogen) atoms. The SMILES string of the molecule is CCC(COC(=O)CCCCCO)(COC(=O)CCCCCO)COC(=O)CCCCCOC(=O)c1c2ccccc2cc2ccccc12. The van der Waals surface area contributed by atoms with Crippen LogP contribution in [0.4, 0.5) is 0 Å². The van der Waals surface area contributed by atoms with Crippen molar-refractivity contribution in [3.63, 3.8) is 0 Å². The van der Waals surface area contributed by atoms with Crippen molar-refractivity contribution in [2.45, 2.75) is 90.4 Å². The summed E-state index contributed by atoms with van der Waals surface area (Å²) in [6.07, 6.45) is 6.63. The van der Waals surface area contributed by atoms with Crippen molar-refractivity contribution in [1.29, 1.82) is 0 Å². The summed E-state index contributed by atoms with van der Waals surface area (Å²) < 4.78 is 22.3. The Morgan fingerprint density at radius 2 is 1.00 bits per heavy atom. The summed E-state index contributed by atoms with van der Waals surface area (Å²) in [6.45, 7) is 2.02. The van der Waals surface area contributed by atoms with Gasteiger partial charge in [0.05, 0.1) is 17.6 Å². The number of hydrogen-bond donors (Lipinski definition) is 2. The Labute approximate surface area is 289 Å². The molecular formula is C39H52O10. The first kappa shape index (κ1) is 39.4. The van der Waals surface area contributed by atoms with E-state index in [1.165, 1.54) is 0 Å². The zero-order valence-electron chi connectivity index (χ0n) is 28.8. The van der Waals surface area contributed by atoms with Crippen LogP contribution in [-0.4, -0.2) is 73.7 Å². The fourth-order valence-electron chi connectivity index (χ4n) is 5.48. The van der Waals surface area contributed by atoms with Gasteiger partial charge < -0.3 is 29.2 Å². The molecule has 0 aromatic heterocycles. The Morgan fingerprint density at radius 3 is 1.43 bits per heavy atom. The second-order valence-electron chi connectivity index (χ2n) is 12.5. The Balaban J connectivity index is 1.46. The maximum Gasteiger partial charge on any atom is 0.339 e. The second-order valence-corrected chi connectivity index (χ2v) is 12.5. The summed E-state index contributed by atoms with van der Waals surface area (Å²) >= 11 is 0. The van der Waals surface area contributed by atoms with E-state index in [0.717, 1.165) is 21.5 Å². The highest BCUT2D eigenvalue weighted by molar-refractivity contribution is 6.16. The van der Waals surface area contributed by atoms with E-state index < -0.39 is 23.3 Å². The minimum atomic E-state index is -0.892. The van der Waals surface area contributed by atoms with Crippen molar-refractivity contribution < 1.29 is 48.3 Å². The number of esters is 4. The summed E-state index contributed by atoms with van der Waals surface area (Å²) in [6, 6.07) is 17.6. The Kier molecular flexibility index (Phi) is 17.6. The van der Waals surface area contributed by atoms with Gasteiger partial charge in [0.15, 0.2) is 0 Å². The van der Waals surface area contributed by atoms with Crippen LogP contribution in [0, 0.1) is 5.41 Å². The second kappa shape index (κ2) is 21.8. The van der Waals surface area contributed by atoms with Gasteiger partial charge in [-0.2, -0.15) is 0 Å². The van der Waals surface area contributed by atoms with Gasteiger partial charge in [0.1, 0.15) is 19.8 Å². The number of hydrogen-bond acceptors (Lipinski definition) is 10. The highest BCUT2D eigenvalue weighted by atomic mass is 16.6.